The molecule has 27 heavy (non-hydrogen) atoms. The smallest absolute Gasteiger partial charge is 0.343 e. The van der Waals surface area contributed by atoms with Crippen LogP contribution in [0.15, 0.2) is 57.7 Å². The lowest BCUT2D eigenvalue weighted by Gasteiger charge is -2.18. The van der Waals surface area contributed by atoms with E-state index in [1.807, 2.05) is 0 Å². The van der Waals surface area contributed by atoms with E-state index in [0.29, 0.717) is 16.7 Å². The highest BCUT2D eigenvalue weighted by molar-refractivity contribution is 5.84. The molecule has 1 atom stereocenters. The third-order valence-corrected chi connectivity index (χ3v) is 4.42. The number of fused-ring (bicyclic) bond motifs is 1. The Morgan fingerprint density at radius 3 is 2.59 bits per heavy atom. The zero-order valence-electron chi connectivity index (χ0n) is 14.8. The Hall–Kier alpha value is -3.12. The van der Waals surface area contributed by atoms with E-state index in [4.69, 9.17) is 14.3 Å². The summed E-state index contributed by atoms with van der Waals surface area (Å²) >= 11 is 0. The first-order valence-electron chi connectivity index (χ1n) is 8.57. The predicted molar refractivity (Wildman–Crippen MR) is 100 cm³/mol. The molecule has 0 spiro atoms. The molecular formula is C21H20O6. The molecule has 2 aromatic carbocycles. The Bertz CT molecular complexity index is 1020. The summed E-state index contributed by atoms with van der Waals surface area (Å²) in [6.07, 6.45) is 0.330. The first kappa shape index (κ1) is 18.7. The molecule has 140 valence electrons. The van der Waals surface area contributed by atoms with Gasteiger partial charge in [0.2, 0.25) is 0 Å². The second kappa shape index (κ2) is 8.05. The Labute approximate surface area is 155 Å². The standard InChI is InChI=1S/C21H20O6/c1-13(23)10-15(11-14-6-2-4-8-17(14)26-12-22)19-20(24)16-7-3-5-9-18(16)27-21(19)25/h2-9,15,22,24H,10-12H2,1H3. The Morgan fingerprint density at radius 1 is 1.15 bits per heavy atom. The zero-order valence-corrected chi connectivity index (χ0v) is 14.8. The second-order valence-corrected chi connectivity index (χ2v) is 6.34. The monoisotopic (exact) mass is 368 g/mol. The summed E-state index contributed by atoms with van der Waals surface area (Å²) in [6, 6.07) is 13.7. The van der Waals surface area contributed by atoms with Crippen molar-refractivity contribution in [3.05, 3.63) is 70.1 Å². The van der Waals surface area contributed by atoms with Gasteiger partial charge in [-0.05, 0) is 37.1 Å². The maximum atomic E-state index is 12.6. The molecule has 0 aliphatic rings. The molecule has 0 saturated heterocycles. The molecule has 3 aromatic rings. The molecule has 1 heterocycles. The average Bonchev–Trinajstić information content (AvgIpc) is 2.63. The lowest BCUT2D eigenvalue weighted by Crippen LogP contribution is -2.18. The molecule has 2 N–H and O–H groups in total. The third-order valence-electron chi connectivity index (χ3n) is 4.42. The van der Waals surface area contributed by atoms with Gasteiger partial charge in [-0.15, -0.1) is 0 Å². The molecule has 0 saturated carbocycles. The molecule has 0 radical (unpaired) electrons. The number of ketones is 1. The van der Waals surface area contributed by atoms with Crippen LogP contribution in [0.4, 0.5) is 0 Å². The number of Topliss-reactive ketones (excluding diaryl/α,β-unsaturated/α-hetero) is 1. The maximum Gasteiger partial charge on any atom is 0.343 e. The molecule has 6 heteroatoms. The van der Waals surface area contributed by atoms with Crippen molar-refractivity contribution in [1.29, 1.82) is 0 Å². The van der Waals surface area contributed by atoms with Crippen LogP contribution < -0.4 is 10.4 Å². The van der Waals surface area contributed by atoms with Crippen LogP contribution in [0.25, 0.3) is 11.0 Å². The SMILES string of the molecule is CC(=O)CC(Cc1ccccc1OCO)c1c(O)c2ccccc2oc1=O. The fourth-order valence-corrected chi connectivity index (χ4v) is 3.28. The van der Waals surface area contributed by atoms with Crippen molar-refractivity contribution >= 4 is 16.8 Å². The van der Waals surface area contributed by atoms with Crippen LogP contribution in [0.2, 0.25) is 0 Å². The Balaban J connectivity index is 2.10. The number of carbonyl (C=O) groups is 1. The Kier molecular flexibility index (Phi) is 5.57. The number of aliphatic hydroxyl groups is 1. The largest absolute Gasteiger partial charge is 0.507 e. The Morgan fingerprint density at radius 2 is 1.85 bits per heavy atom. The van der Waals surface area contributed by atoms with Gasteiger partial charge in [0.15, 0.2) is 6.79 Å². The van der Waals surface area contributed by atoms with E-state index in [-0.39, 0.29) is 35.5 Å². The first-order valence-corrected chi connectivity index (χ1v) is 8.57. The fourth-order valence-electron chi connectivity index (χ4n) is 3.28. The highest BCUT2D eigenvalue weighted by Gasteiger charge is 2.25. The number of hydrogen-bond acceptors (Lipinski definition) is 6. The van der Waals surface area contributed by atoms with Gasteiger partial charge in [-0.25, -0.2) is 4.79 Å². The van der Waals surface area contributed by atoms with E-state index >= 15 is 0 Å². The number of aromatic hydroxyl groups is 1. The number of para-hydroxylation sites is 2. The topological polar surface area (TPSA) is 97.0 Å². The molecular weight excluding hydrogens is 348 g/mol. The first-order chi connectivity index (χ1) is 13.0. The second-order valence-electron chi connectivity index (χ2n) is 6.34. The van der Waals surface area contributed by atoms with Gasteiger partial charge >= 0.3 is 5.63 Å². The molecule has 0 amide bonds. The van der Waals surface area contributed by atoms with Crippen molar-refractivity contribution in [3.8, 4) is 11.5 Å². The number of carbonyl (C=O) groups excluding carboxylic acids is 1. The van der Waals surface area contributed by atoms with E-state index < -0.39 is 18.3 Å². The highest BCUT2D eigenvalue weighted by Crippen LogP contribution is 2.35. The zero-order chi connectivity index (χ0) is 19.4. The van der Waals surface area contributed by atoms with Gasteiger partial charge in [0.1, 0.15) is 22.9 Å². The highest BCUT2D eigenvalue weighted by atomic mass is 16.6. The summed E-state index contributed by atoms with van der Waals surface area (Å²) in [5.41, 5.74) is 0.403. The van der Waals surface area contributed by atoms with Crippen LogP contribution in [0, 0.1) is 0 Å². The van der Waals surface area contributed by atoms with Gasteiger partial charge < -0.3 is 24.2 Å². The van der Waals surface area contributed by atoms with Gasteiger partial charge in [-0.1, -0.05) is 30.3 Å². The summed E-state index contributed by atoms with van der Waals surface area (Å²) in [5.74, 6) is -0.425. The quantitative estimate of drug-likeness (QED) is 0.491. The van der Waals surface area contributed by atoms with Crippen LogP contribution in [0.3, 0.4) is 0 Å². The average molecular weight is 368 g/mol. The van der Waals surface area contributed by atoms with Crippen molar-refractivity contribution < 1.29 is 24.2 Å². The number of ether oxygens (including phenoxy) is 1. The lowest BCUT2D eigenvalue weighted by molar-refractivity contribution is -0.117. The van der Waals surface area contributed by atoms with Crippen molar-refractivity contribution in [3.63, 3.8) is 0 Å². The maximum absolute atomic E-state index is 12.6. The van der Waals surface area contributed by atoms with E-state index in [0.717, 1.165) is 0 Å². The third kappa shape index (κ3) is 4.01. The van der Waals surface area contributed by atoms with Crippen LogP contribution in [-0.4, -0.2) is 22.8 Å². The summed E-state index contributed by atoms with van der Waals surface area (Å²) in [5, 5.41) is 20.2. The molecule has 0 fully saturated rings. The number of rotatable bonds is 7. The van der Waals surface area contributed by atoms with E-state index in [9.17, 15) is 14.7 Å². The fraction of sp³-hybridized carbons (Fsp3) is 0.238. The van der Waals surface area contributed by atoms with Crippen molar-refractivity contribution in [2.75, 3.05) is 6.79 Å². The number of benzene rings is 2. The van der Waals surface area contributed by atoms with Gasteiger partial charge in [-0.3, -0.25) is 0 Å². The summed E-state index contributed by atoms with van der Waals surface area (Å²) in [4.78, 5) is 24.4. The summed E-state index contributed by atoms with van der Waals surface area (Å²) < 4.78 is 10.6. The molecule has 3 rings (SSSR count). The normalized spacial score (nSPS) is 12.1. The van der Waals surface area contributed by atoms with E-state index in [1.54, 1.807) is 48.5 Å². The van der Waals surface area contributed by atoms with Crippen LogP contribution >= 0.6 is 0 Å². The van der Waals surface area contributed by atoms with Crippen molar-refractivity contribution in [2.45, 2.75) is 25.7 Å². The molecule has 1 aromatic heterocycles. The van der Waals surface area contributed by atoms with Crippen LogP contribution in [0.5, 0.6) is 11.5 Å². The van der Waals surface area contributed by atoms with Crippen LogP contribution in [0.1, 0.15) is 30.4 Å². The van der Waals surface area contributed by atoms with E-state index in [1.165, 1.54) is 6.92 Å². The van der Waals surface area contributed by atoms with Crippen LogP contribution in [-0.2, 0) is 11.2 Å². The lowest BCUT2D eigenvalue weighted by atomic mass is 9.87. The molecule has 0 bridgehead atoms. The molecule has 6 nitrogen and oxygen atoms in total. The van der Waals surface area contributed by atoms with Gasteiger partial charge in [0, 0.05) is 12.3 Å². The minimum absolute atomic E-state index is 0.0596. The molecule has 0 aliphatic heterocycles. The summed E-state index contributed by atoms with van der Waals surface area (Å²) in [6.45, 7) is 0.945. The van der Waals surface area contributed by atoms with Gasteiger partial charge in [0.05, 0.1) is 10.9 Å². The van der Waals surface area contributed by atoms with Crippen molar-refractivity contribution in [2.24, 2.45) is 0 Å². The molecule has 0 aliphatic carbocycles. The minimum atomic E-state index is -0.669. The summed E-state index contributed by atoms with van der Waals surface area (Å²) in [7, 11) is 0. The minimum Gasteiger partial charge on any atom is -0.507 e. The van der Waals surface area contributed by atoms with E-state index in [2.05, 4.69) is 0 Å². The number of aliphatic hydroxyl groups excluding tert-OH is 1. The van der Waals surface area contributed by atoms with Gasteiger partial charge in [-0.2, -0.15) is 0 Å². The van der Waals surface area contributed by atoms with Crippen molar-refractivity contribution in [1.82, 2.24) is 0 Å². The number of hydrogen-bond donors (Lipinski definition) is 2. The van der Waals surface area contributed by atoms with Gasteiger partial charge in [0.25, 0.3) is 0 Å². The molecule has 1 unspecified atom stereocenters. The predicted octanol–water partition coefficient (Wildman–Crippen LogP) is 3.13.